The predicted octanol–water partition coefficient (Wildman–Crippen LogP) is 8.80. The van der Waals surface area contributed by atoms with Crippen LogP contribution in [0.1, 0.15) is 0 Å². The maximum absolute atomic E-state index is 12.9. The molecule has 1 aromatic rings. The van der Waals surface area contributed by atoms with Gasteiger partial charge in [0.25, 0.3) is 0 Å². The number of rotatable bonds is 9. The smallest absolute Gasteiger partial charge is 0.297 e. The van der Waals surface area contributed by atoms with E-state index in [9.17, 15) is 52.7 Å². The van der Waals surface area contributed by atoms with E-state index in [1.807, 2.05) is 0 Å². The normalized spacial score (nSPS) is 22.1. The van der Waals surface area contributed by atoms with Crippen molar-refractivity contribution in [3.8, 4) is 0 Å². The monoisotopic (exact) mass is 643 g/mol. The summed E-state index contributed by atoms with van der Waals surface area (Å²) in [7, 11) is -10.9. The number of nitrogens with zero attached hydrogens (tertiary/aromatic N) is 3. The molecule has 0 aromatic heterocycles. The highest BCUT2D eigenvalue weighted by Gasteiger charge is 2.47. The van der Waals surface area contributed by atoms with Crippen molar-refractivity contribution >= 4 is 38.4 Å². The van der Waals surface area contributed by atoms with Gasteiger partial charge in [0.1, 0.15) is 0 Å². The van der Waals surface area contributed by atoms with E-state index >= 15 is 0 Å². The lowest BCUT2D eigenvalue weighted by molar-refractivity contribution is -0.163. The highest BCUT2D eigenvalue weighted by molar-refractivity contribution is 8.01. The topological polar surface area (TPSA) is 74.0 Å². The summed E-state index contributed by atoms with van der Waals surface area (Å²) < 4.78 is 183. The summed E-state index contributed by atoms with van der Waals surface area (Å²) in [5, 5.41) is -0.322. The van der Waals surface area contributed by atoms with Crippen LogP contribution >= 0.6 is 33.1 Å². The fourth-order valence-electron chi connectivity index (χ4n) is 2.13. The number of halogens is 13. The first kappa shape index (κ1) is 32.4. The van der Waals surface area contributed by atoms with Crippen molar-refractivity contribution in [3.05, 3.63) is 30.3 Å². The molecule has 1 heterocycles. The Morgan fingerprint density at radius 2 is 0.865 bits per heavy atom. The highest BCUT2D eigenvalue weighted by Crippen LogP contribution is 2.81. The number of benzene rings is 1. The quantitative estimate of drug-likeness (QED) is 0.199. The molecule has 214 valence electrons. The minimum Gasteiger partial charge on any atom is -0.297 e. The second-order valence-corrected chi connectivity index (χ2v) is 14.8. The Morgan fingerprint density at radius 3 is 1.19 bits per heavy atom. The van der Waals surface area contributed by atoms with Gasteiger partial charge in [-0.25, -0.2) is 0 Å². The third kappa shape index (κ3) is 11.1. The van der Waals surface area contributed by atoms with Crippen molar-refractivity contribution in [2.24, 2.45) is 13.5 Å². The SMILES string of the molecule is FC(F)(F)COP1(OCC(F)(F)F)=NP(OCC(F)(F)F)(OCC(F)(F)F)=NP(Cl)(c2ccccc2)=N1. The van der Waals surface area contributed by atoms with Crippen molar-refractivity contribution in [3.63, 3.8) is 0 Å². The van der Waals surface area contributed by atoms with Crippen molar-refractivity contribution in [2.75, 3.05) is 26.4 Å². The van der Waals surface area contributed by atoms with Gasteiger partial charge in [0.15, 0.2) is 26.4 Å². The van der Waals surface area contributed by atoms with Gasteiger partial charge in [0, 0.05) is 5.30 Å². The van der Waals surface area contributed by atoms with Crippen LogP contribution in [-0.2, 0) is 18.1 Å². The third-order valence-corrected chi connectivity index (χ3v) is 13.5. The Balaban J connectivity index is 2.88. The zero-order valence-electron chi connectivity index (χ0n) is 17.4. The molecule has 1 atom stereocenters. The number of alkyl halides is 12. The molecule has 7 nitrogen and oxygen atoms in total. The summed E-state index contributed by atoms with van der Waals surface area (Å²) in [6.45, 7) is -14.2. The second kappa shape index (κ2) is 11.4. The van der Waals surface area contributed by atoms with Crippen LogP contribution in [0.4, 0.5) is 52.7 Å². The van der Waals surface area contributed by atoms with Gasteiger partial charge in [-0.2, -0.15) is 61.7 Å². The molecule has 1 aliphatic rings. The zero-order valence-corrected chi connectivity index (χ0v) is 20.9. The molecule has 0 amide bonds. The van der Waals surface area contributed by atoms with E-state index in [4.69, 9.17) is 11.2 Å². The molecule has 0 radical (unpaired) electrons. The van der Waals surface area contributed by atoms with E-state index in [0.29, 0.717) is 0 Å². The molecule has 0 spiro atoms. The molecule has 2 rings (SSSR count). The number of hydrogen-bond donors (Lipinski definition) is 0. The lowest BCUT2D eigenvalue weighted by Crippen LogP contribution is -2.22. The van der Waals surface area contributed by atoms with Crippen molar-refractivity contribution in [2.45, 2.75) is 24.7 Å². The van der Waals surface area contributed by atoms with E-state index in [1.54, 1.807) is 0 Å². The highest BCUT2D eigenvalue weighted by atomic mass is 35.7. The van der Waals surface area contributed by atoms with Gasteiger partial charge >= 0.3 is 40.0 Å². The number of hydrogen-bond acceptors (Lipinski definition) is 7. The van der Waals surface area contributed by atoms with Crippen LogP contribution in [0.25, 0.3) is 0 Å². The van der Waals surface area contributed by atoms with Crippen molar-refractivity contribution in [1.82, 2.24) is 0 Å². The van der Waals surface area contributed by atoms with Crippen LogP contribution in [-0.4, -0.2) is 51.1 Å². The van der Waals surface area contributed by atoms with Crippen molar-refractivity contribution < 1.29 is 70.8 Å². The predicted molar refractivity (Wildman–Crippen MR) is 108 cm³/mol. The molecule has 1 aliphatic heterocycles. The maximum Gasteiger partial charge on any atom is 0.412 e. The summed E-state index contributed by atoms with van der Waals surface area (Å²) in [6, 6.07) is 5.91. The zero-order chi connectivity index (χ0) is 28.4. The molecule has 0 bridgehead atoms. The van der Waals surface area contributed by atoms with Crippen LogP contribution < -0.4 is 5.30 Å². The van der Waals surface area contributed by atoms with Gasteiger partial charge in [0.05, 0.1) is 0 Å². The molecular formula is C14H13ClF12N3O4P3. The fraction of sp³-hybridized carbons (Fsp3) is 0.571. The van der Waals surface area contributed by atoms with Crippen LogP contribution in [0, 0.1) is 0 Å². The van der Waals surface area contributed by atoms with Crippen molar-refractivity contribution in [1.29, 1.82) is 0 Å². The maximum atomic E-state index is 12.9. The molecule has 0 N–H and O–H groups in total. The Morgan fingerprint density at radius 1 is 0.541 bits per heavy atom. The van der Waals surface area contributed by atoms with E-state index in [1.165, 1.54) is 18.2 Å². The van der Waals surface area contributed by atoms with Gasteiger partial charge in [0.2, 0.25) is 6.56 Å². The molecule has 0 saturated heterocycles. The second-order valence-electron chi connectivity index (χ2n) is 6.66. The summed E-state index contributed by atoms with van der Waals surface area (Å²) in [6.07, 6.45) is -21.1. The molecule has 23 heteroatoms. The molecule has 1 aromatic carbocycles. The van der Waals surface area contributed by atoms with E-state index in [2.05, 4.69) is 31.6 Å². The van der Waals surface area contributed by atoms with Crippen LogP contribution in [0.5, 0.6) is 0 Å². The van der Waals surface area contributed by atoms with Gasteiger partial charge in [-0.15, -0.1) is 4.52 Å². The summed E-state index contributed by atoms with van der Waals surface area (Å²) in [5.74, 6) is 0. The first-order valence-corrected chi connectivity index (χ1v) is 14.7. The molecule has 0 saturated carbocycles. The van der Waals surface area contributed by atoms with Gasteiger partial charge < -0.3 is 0 Å². The molecule has 0 aliphatic carbocycles. The molecule has 0 fully saturated rings. The summed E-state index contributed by atoms with van der Waals surface area (Å²) in [4.78, 5) is 0. The van der Waals surface area contributed by atoms with Crippen LogP contribution in [0.2, 0.25) is 0 Å². The summed E-state index contributed by atoms with van der Waals surface area (Å²) >= 11 is 6.30. The lowest BCUT2D eigenvalue weighted by atomic mass is 10.4. The van der Waals surface area contributed by atoms with Gasteiger partial charge in [-0.1, -0.05) is 30.3 Å². The lowest BCUT2D eigenvalue weighted by Gasteiger charge is -2.32. The van der Waals surface area contributed by atoms with Gasteiger partial charge in [-0.3, -0.25) is 18.1 Å². The molecule has 1 unspecified atom stereocenters. The summed E-state index contributed by atoms with van der Waals surface area (Å²) in [5.41, 5.74) is 0. The van der Waals surface area contributed by atoms with E-state index in [-0.39, 0.29) is 5.30 Å². The minimum atomic E-state index is -5.46. The molecular weight excluding hydrogens is 631 g/mol. The largest absolute Gasteiger partial charge is 0.412 e. The minimum absolute atomic E-state index is 0.322. The standard InChI is InChI=1S/C14H13ClF12N3O4P3/c15-35(10-4-2-1-3-5-10)28-36(31-6-11(16,17)18,32-7-12(19,20)21)30-37(29-35,33-8-13(22,23)24)34-9-14(25,26)27/h1-5H,6-9H2. The Hall–Kier alpha value is -0.800. The Bertz CT molecular complexity index is 1020. The Labute approximate surface area is 204 Å². The average Bonchev–Trinajstić information content (AvgIpc) is 2.73. The van der Waals surface area contributed by atoms with E-state index in [0.717, 1.165) is 12.1 Å². The van der Waals surface area contributed by atoms with Crippen LogP contribution in [0.3, 0.4) is 0 Å². The van der Waals surface area contributed by atoms with E-state index < -0.39 is 73.0 Å². The van der Waals surface area contributed by atoms with Gasteiger partial charge in [-0.05, 0) is 11.2 Å². The first-order chi connectivity index (χ1) is 16.6. The first-order valence-electron chi connectivity index (χ1n) is 9.07. The molecule has 37 heavy (non-hydrogen) atoms. The third-order valence-electron chi connectivity index (χ3n) is 3.36. The Kier molecular flexibility index (Phi) is 9.95. The fourth-order valence-corrected chi connectivity index (χ4v) is 13.4. The van der Waals surface area contributed by atoms with Crippen LogP contribution in [0.15, 0.2) is 43.9 Å². The average molecular weight is 644 g/mol.